The molecule has 6 nitrogen and oxygen atoms in total. The number of para-hydroxylation sites is 1. The second-order valence-corrected chi connectivity index (χ2v) is 6.42. The molecule has 0 fully saturated rings. The Kier molecular flexibility index (Phi) is 4.71. The van der Waals surface area contributed by atoms with Crippen molar-refractivity contribution in [1.82, 2.24) is 4.72 Å². The van der Waals surface area contributed by atoms with E-state index >= 15 is 0 Å². The van der Waals surface area contributed by atoms with Crippen LogP contribution in [0.3, 0.4) is 0 Å². The van der Waals surface area contributed by atoms with Crippen molar-refractivity contribution in [2.24, 2.45) is 0 Å². The lowest BCUT2D eigenvalue weighted by Crippen LogP contribution is -2.27. The largest absolute Gasteiger partial charge is 0.289 e. The molecular formula is C14H12F2N2O4S. The third-order valence-corrected chi connectivity index (χ3v) is 4.72. The van der Waals surface area contributed by atoms with Crippen molar-refractivity contribution in [2.75, 3.05) is 0 Å². The molecule has 0 aliphatic heterocycles. The molecule has 0 spiro atoms. The first-order chi connectivity index (χ1) is 10.7. The SMILES string of the molecule is CC(NS(=O)(=O)c1ccccc1[N+](=O)[O-])c1ccc(F)c(F)c1. The molecule has 23 heavy (non-hydrogen) atoms. The first kappa shape index (κ1) is 17.0. The number of nitrogens with zero attached hydrogens (tertiary/aromatic N) is 1. The molecule has 1 unspecified atom stereocenters. The van der Waals surface area contributed by atoms with Crippen LogP contribution in [0.4, 0.5) is 14.5 Å². The number of rotatable bonds is 5. The van der Waals surface area contributed by atoms with Gasteiger partial charge in [0, 0.05) is 12.1 Å². The molecule has 0 heterocycles. The van der Waals surface area contributed by atoms with Crippen LogP contribution in [-0.2, 0) is 10.0 Å². The van der Waals surface area contributed by atoms with Gasteiger partial charge in [0.1, 0.15) is 0 Å². The maximum absolute atomic E-state index is 13.2. The van der Waals surface area contributed by atoms with E-state index in [1.807, 2.05) is 0 Å². The Morgan fingerprint density at radius 2 is 1.78 bits per heavy atom. The van der Waals surface area contributed by atoms with Crippen molar-refractivity contribution in [3.8, 4) is 0 Å². The molecule has 0 aliphatic carbocycles. The highest BCUT2D eigenvalue weighted by Crippen LogP contribution is 2.25. The highest BCUT2D eigenvalue weighted by Gasteiger charge is 2.27. The van der Waals surface area contributed by atoms with E-state index in [0.29, 0.717) is 0 Å². The zero-order chi connectivity index (χ0) is 17.2. The van der Waals surface area contributed by atoms with Crippen molar-refractivity contribution in [3.05, 3.63) is 69.8 Å². The summed E-state index contributed by atoms with van der Waals surface area (Å²) >= 11 is 0. The van der Waals surface area contributed by atoms with Gasteiger partial charge in [-0.25, -0.2) is 21.9 Å². The van der Waals surface area contributed by atoms with Gasteiger partial charge >= 0.3 is 0 Å². The highest BCUT2D eigenvalue weighted by atomic mass is 32.2. The topological polar surface area (TPSA) is 89.3 Å². The van der Waals surface area contributed by atoms with Gasteiger partial charge < -0.3 is 0 Å². The summed E-state index contributed by atoms with van der Waals surface area (Å²) in [6.45, 7) is 1.42. The number of benzene rings is 2. The third-order valence-electron chi connectivity index (χ3n) is 3.13. The van der Waals surface area contributed by atoms with Crippen LogP contribution in [0.5, 0.6) is 0 Å². The van der Waals surface area contributed by atoms with Crippen LogP contribution in [0.1, 0.15) is 18.5 Å². The Morgan fingerprint density at radius 1 is 1.13 bits per heavy atom. The van der Waals surface area contributed by atoms with Gasteiger partial charge in [0.05, 0.1) is 4.92 Å². The summed E-state index contributed by atoms with van der Waals surface area (Å²) in [6, 6.07) is 6.91. The van der Waals surface area contributed by atoms with E-state index in [1.165, 1.54) is 25.1 Å². The molecule has 0 saturated carbocycles. The molecule has 0 aliphatic rings. The Hall–Kier alpha value is -2.39. The normalized spacial score (nSPS) is 12.8. The summed E-state index contributed by atoms with van der Waals surface area (Å²) in [5, 5.41) is 10.9. The second-order valence-electron chi connectivity index (χ2n) is 4.74. The zero-order valence-corrected chi connectivity index (χ0v) is 12.7. The predicted molar refractivity (Wildman–Crippen MR) is 78.2 cm³/mol. The van der Waals surface area contributed by atoms with Gasteiger partial charge in [-0.1, -0.05) is 18.2 Å². The number of sulfonamides is 1. The van der Waals surface area contributed by atoms with Crippen LogP contribution in [0, 0.1) is 21.7 Å². The fourth-order valence-corrected chi connectivity index (χ4v) is 3.39. The maximum atomic E-state index is 13.2. The quantitative estimate of drug-likeness (QED) is 0.668. The van der Waals surface area contributed by atoms with Gasteiger partial charge in [-0.15, -0.1) is 0 Å². The standard InChI is InChI=1S/C14H12F2N2O4S/c1-9(10-6-7-11(15)12(16)8-10)17-23(21,22)14-5-3-2-4-13(14)18(19)20/h2-9,17H,1H3. The molecule has 0 bridgehead atoms. The van der Waals surface area contributed by atoms with E-state index in [-0.39, 0.29) is 5.56 Å². The van der Waals surface area contributed by atoms with Crippen LogP contribution in [-0.4, -0.2) is 13.3 Å². The Labute approximate surface area is 131 Å². The molecule has 2 aromatic carbocycles. The van der Waals surface area contributed by atoms with Crippen molar-refractivity contribution in [1.29, 1.82) is 0 Å². The van der Waals surface area contributed by atoms with Gasteiger partial charge in [0.25, 0.3) is 5.69 Å². The van der Waals surface area contributed by atoms with E-state index in [2.05, 4.69) is 4.72 Å². The fraction of sp³-hybridized carbons (Fsp3) is 0.143. The molecule has 2 aromatic rings. The van der Waals surface area contributed by atoms with Gasteiger partial charge in [0.2, 0.25) is 10.0 Å². The van der Waals surface area contributed by atoms with E-state index in [4.69, 9.17) is 0 Å². The average Bonchev–Trinajstić information content (AvgIpc) is 2.49. The second kappa shape index (κ2) is 6.39. The van der Waals surface area contributed by atoms with Crippen LogP contribution in [0.15, 0.2) is 47.4 Å². The van der Waals surface area contributed by atoms with E-state index in [1.54, 1.807) is 0 Å². The smallest absolute Gasteiger partial charge is 0.258 e. The van der Waals surface area contributed by atoms with Crippen LogP contribution >= 0.6 is 0 Å². The Bertz CT molecular complexity index is 856. The molecule has 1 N–H and O–H groups in total. The maximum Gasteiger partial charge on any atom is 0.289 e. The van der Waals surface area contributed by atoms with Crippen molar-refractivity contribution in [2.45, 2.75) is 17.9 Å². The van der Waals surface area contributed by atoms with Crippen molar-refractivity contribution < 1.29 is 22.1 Å². The first-order valence-electron chi connectivity index (χ1n) is 6.43. The molecule has 0 amide bonds. The molecular weight excluding hydrogens is 330 g/mol. The number of nitro benzene ring substituents is 1. The summed E-state index contributed by atoms with van der Waals surface area (Å²) in [5.41, 5.74) is -0.386. The number of hydrogen-bond acceptors (Lipinski definition) is 4. The first-order valence-corrected chi connectivity index (χ1v) is 7.91. The lowest BCUT2D eigenvalue weighted by molar-refractivity contribution is -0.387. The lowest BCUT2D eigenvalue weighted by atomic mass is 10.1. The van der Waals surface area contributed by atoms with Crippen molar-refractivity contribution >= 4 is 15.7 Å². The predicted octanol–water partition coefficient (Wildman–Crippen LogP) is 2.91. The molecule has 0 saturated heterocycles. The van der Waals surface area contributed by atoms with Crippen LogP contribution < -0.4 is 4.72 Å². The minimum atomic E-state index is -4.21. The molecule has 0 radical (unpaired) electrons. The van der Waals surface area contributed by atoms with Gasteiger partial charge in [0.15, 0.2) is 16.5 Å². The van der Waals surface area contributed by atoms with Gasteiger partial charge in [-0.3, -0.25) is 10.1 Å². The number of nitro groups is 1. The minimum absolute atomic E-state index is 0.186. The monoisotopic (exact) mass is 342 g/mol. The molecule has 2 rings (SSSR count). The van der Waals surface area contributed by atoms with Crippen molar-refractivity contribution in [3.63, 3.8) is 0 Å². The lowest BCUT2D eigenvalue weighted by Gasteiger charge is -2.15. The molecule has 1 atom stereocenters. The van der Waals surface area contributed by atoms with Gasteiger partial charge in [-0.05, 0) is 30.7 Å². The number of halogens is 2. The van der Waals surface area contributed by atoms with Crippen LogP contribution in [0.25, 0.3) is 0 Å². The average molecular weight is 342 g/mol. The zero-order valence-electron chi connectivity index (χ0n) is 11.9. The summed E-state index contributed by atoms with van der Waals surface area (Å²) in [5.74, 6) is -2.17. The summed E-state index contributed by atoms with van der Waals surface area (Å²) in [6.07, 6.45) is 0. The minimum Gasteiger partial charge on any atom is -0.258 e. The Morgan fingerprint density at radius 3 is 2.39 bits per heavy atom. The highest BCUT2D eigenvalue weighted by molar-refractivity contribution is 7.89. The van der Waals surface area contributed by atoms with E-state index in [9.17, 15) is 27.3 Å². The Balaban J connectivity index is 2.34. The molecule has 122 valence electrons. The molecule has 9 heteroatoms. The number of nitrogens with one attached hydrogen (secondary N) is 1. The molecule has 0 aromatic heterocycles. The van der Waals surface area contributed by atoms with Gasteiger partial charge in [-0.2, -0.15) is 0 Å². The number of hydrogen-bond donors (Lipinski definition) is 1. The van der Waals surface area contributed by atoms with E-state index < -0.39 is 43.2 Å². The third kappa shape index (κ3) is 3.69. The summed E-state index contributed by atoms with van der Waals surface area (Å²) in [4.78, 5) is 9.62. The van der Waals surface area contributed by atoms with E-state index in [0.717, 1.165) is 24.3 Å². The fourth-order valence-electron chi connectivity index (χ4n) is 1.98. The summed E-state index contributed by atoms with van der Waals surface area (Å²) < 4.78 is 53.0. The summed E-state index contributed by atoms with van der Waals surface area (Å²) in [7, 11) is -4.21. The van der Waals surface area contributed by atoms with Crippen LogP contribution in [0.2, 0.25) is 0 Å².